The highest BCUT2D eigenvalue weighted by Gasteiger charge is 2.52. The van der Waals surface area contributed by atoms with Gasteiger partial charge in [-0.2, -0.15) is 5.10 Å². The Bertz CT molecular complexity index is 510. The smallest absolute Gasteiger partial charge is 0.399 e. The molecular weight excluding hydrogens is 293 g/mol. The molecule has 128 valence electrons. The Kier molecular flexibility index (Phi) is 4.83. The number of aromatic nitrogens is 2. The summed E-state index contributed by atoms with van der Waals surface area (Å²) in [5, 5.41) is 4.45. The van der Waals surface area contributed by atoms with Crippen molar-refractivity contribution in [1.82, 2.24) is 14.7 Å². The second-order valence-electron chi connectivity index (χ2n) is 7.43. The van der Waals surface area contributed by atoms with Crippen LogP contribution in [0.3, 0.4) is 0 Å². The lowest BCUT2D eigenvalue weighted by Gasteiger charge is -2.32. The van der Waals surface area contributed by atoms with Gasteiger partial charge in [-0.3, -0.25) is 9.58 Å². The Morgan fingerprint density at radius 2 is 1.74 bits per heavy atom. The average Bonchev–Trinajstić information content (AvgIpc) is 3.03. The molecule has 0 amide bonds. The fraction of sp³-hybridized carbons (Fsp3) is 0.812. The van der Waals surface area contributed by atoms with E-state index in [9.17, 15) is 0 Å². The van der Waals surface area contributed by atoms with Crippen LogP contribution in [0.4, 0.5) is 0 Å². The lowest BCUT2D eigenvalue weighted by atomic mass is 9.82. The predicted molar refractivity (Wildman–Crippen MR) is 89.8 cm³/mol. The van der Waals surface area contributed by atoms with Crippen LogP contribution in [-0.2, 0) is 20.6 Å². The number of hydrogen-bond acceptors (Lipinski definition) is 5. The number of rotatable bonds is 5. The van der Waals surface area contributed by atoms with E-state index in [1.165, 1.54) is 0 Å². The van der Waals surface area contributed by atoms with Gasteiger partial charge < -0.3 is 14.0 Å². The molecule has 2 aliphatic heterocycles. The summed E-state index contributed by atoms with van der Waals surface area (Å²) < 4.78 is 19.5. The summed E-state index contributed by atoms with van der Waals surface area (Å²) in [6, 6.07) is 0. The SMILES string of the molecule is CC1(C)OB(c2cnn(CCCN3CCOCC3)c2)OC1(C)C. The summed E-state index contributed by atoms with van der Waals surface area (Å²) in [6.07, 6.45) is 4.99. The minimum absolute atomic E-state index is 0.309. The van der Waals surface area contributed by atoms with Crippen molar-refractivity contribution < 1.29 is 14.0 Å². The standard InChI is InChI=1S/C16H28BN3O3/c1-15(2)16(3,4)23-17(22-15)14-12-18-20(13-14)7-5-6-19-8-10-21-11-9-19/h12-13H,5-11H2,1-4H3. The molecule has 0 aromatic carbocycles. The van der Waals surface area contributed by atoms with Crippen LogP contribution in [-0.4, -0.2) is 65.8 Å². The quantitative estimate of drug-likeness (QED) is 0.755. The van der Waals surface area contributed by atoms with Crippen molar-refractivity contribution in [3.63, 3.8) is 0 Å². The van der Waals surface area contributed by atoms with Gasteiger partial charge in [-0.15, -0.1) is 0 Å². The van der Waals surface area contributed by atoms with Gasteiger partial charge in [-0.25, -0.2) is 0 Å². The maximum atomic E-state index is 6.07. The van der Waals surface area contributed by atoms with Crippen molar-refractivity contribution >= 4 is 12.6 Å². The van der Waals surface area contributed by atoms with Gasteiger partial charge >= 0.3 is 7.12 Å². The van der Waals surface area contributed by atoms with Gasteiger partial charge in [0, 0.05) is 44.0 Å². The van der Waals surface area contributed by atoms with Gasteiger partial charge in [0.2, 0.25) is 0 Å². The Labute approximate surface area is 139 Å². The first-order chi connectivity index (χ1) is 10.9. The summed E-state index contributed by atoms with van der Waals surface area (Å²) in [5.41, 5.74) is 0.377. The van der Waals surface area contributed by atoms with Crippen molar-refractivity contribution in [3.05, 3.63) is 12.4 Å². The van der Waals surface area contributed by atoms with Crippen LogP contribution in [0.25, 0.3) is 0 Å². The molecule has 0 radical (unpaired) electrons. The van der Waals surface area contributed by atoms with E-state index in [-0.39, 0.29) is 18.3 Å². The highest BCUT2D eigenvalue weighted by atomic mass is 16.7. The van der Waals surface area contributed by atoms with Crippen LogP contribution in [0, 0.1) is 0 Å². The van der Waals surface area contributed by atoms with Crippen molar-refractivity contribution in [1.29, 1.82) is 0 Å². The predicted octanol–water partition coefficient (Wildman–Crippen LogP) is 0.905. The fourth-order valence-electron chi connectivity index (χ4n) is 2.88. The zero-order valence-electron chi connectivity index (χ0n) is 14.7. The second kappa shape index (κ2) is 6.55. The van der Waals surface area contributed by atoms with Gasteiger partial charge in [0.15, 0.2) is 0 Å². The zero-order valence-corrected chi connectivity index (χ0v) is 14.7. The third kappa shape index (κ3) is 3.79. The van der Waals surface area contributed by atoms with Crippen molar-refractivity contribution in [2.24, 2.45) is 0 Å². The number of nitrogens with zero attached hydrogens (tertiary/aromatic N) is 3. The van der Waals surface area contributed by atoms with Gasteiger partial charge in [0.25, 0.3) is 0 Å². The van der Waals surface area contributed by atoms with Crippen LogP contribution < -0.4 is 5.46 Å². The summed E-state index contributed by atoms with van der Waals surface area (Å²) in [5.74, 6) is 0. The van der Waals surface area contributed by atoms with E-state index < -0.39 is 0 Å². The number of hydrogen-bond donors (Lipinski definition) is 0. The van der Waals surface area contributed by atoms with Crippen LogP contribution in [0.1, 0.15) is 34.1 Å². The molecule has 2 saturated heterocycles. The summed E-state index contributed by atoms with van der Waals surface area (Å²) in [7, 11) is -0.326. The largest absolute Gasteiger partial charge is 0.498 e. The lowest BCUT2D eigenvalue weighted by molar-refractivity contribution is 0.00578. The minimum atomic E-state index is -0.326. The monoisotopic (exact) mass is 321 g/mol. The van der Waals surface area contributed by atoms with Gasteiger partial charge in [0.05, 0.1) is 24.4 Å². The third-order valence-corrected chi connectivity index (χ3v) is 5.14. The van der Waals surface area contributed by atoms with E-state index in [0.717, 1.165) is 51.3 Å². The Morgan fingerprint density at radius 1 is 1.09 bits per heavy atom. The lowest BCUT2D eigenvalue weighted by Crippen LogP contribution is -2.41. The normalized spacial score (nSPS) is 24.3. The Balaban J connectivity index is 1.50. The summed E-state index contributed by atoms with van der Waals surface area (Å²) in [4.78, 5) is 2.45. The van der Waals surface area contributed by atoms with Crippen molar-refractivity contribution in [3.8, 4) is 0 Å². The van der Waals surface area contributed by atoms with E-state index in [1.54, 1.807) is 0 Å². The molecule has 7 heteroatoms. The molecule has 3 heterocycles. The van der Waals surface area contributed by atoms with E-state index in [4.69, 9.17) is 14.0 Å². The fourth-order valence-corrected chi connectivity index (χ4v) is 2.88. The van der Waals surface area contributed by atoms with Gasteiger partial charge in [0.1, 0.15) is 0 Å². The molecule has 0 saturated carbocycles. The molecule has 0 aliphatic carbocycles. The summed E-state index contributed by atoms with van der Waals surface area (Å²) >= 11 is 0. The first-order valence-corrected chi connectivity index (χ1v) is 8.55. The molecule has 2 aliphatic rings. The number of aryl methyl sites for hydroxylation is 1. The molecule has 23 heavy (non-hydrogen) atoms. The van der Waals surface area contributed by atoms with E-state index in [1.807, 2.05) is 17.1 Å². The van der Waals surface area contributed by atoms with Gasteiger partial charge in [-0.05, 0) is 34.1 Å². The van der Waals surface area contributed by atoms with Crippen molar-refractivity contribution in [2.45, 2.75) is 51.9 Å². The molecule has 2 fully saturated rings. The molecule has 1 aromatic heterocycles. The molecule has 1 aromatic rings. The molecule has 0 unspecified atom stereocenters. The first kappa shape index (κ1) is 17.0. The molecule has 0 atom stereocenters. The molecule has 0 N–H and O–H groups in total. The van der Waals surface area contributed by atoms with Crippen LogP contribution in [0.15, 0.2) is 12.4 Å². The second-order valence-corrected chi connectivity index (χ2v) is 7.43. The highest BCUT2D eigenvalue weighted by molar-refractivity contribution is 6.61. The van der Waals surface area contributed by atoms with Crippen LogP contribution in [0.2, 0.25) is 0 Å². The summed E-state index contributed by atoms with van der Waals surface area (Å²) in [6.45, 7) is 14.1. The Hall–Kier alpha value is -0.885. The first-order valence-electron chi connectivity index (χ1n) is 8.55. The highest BCUT2D eigenvalue weighted by Crippen LogP contribution is 2.36. The third-order valence-electron chi connectivity index (χ3n) is 5.14. The van der Waals surface area contributed by atoms with E-state index in [0.29, 0.717) is 0 Å². The van der Waals surface area contributed by atoms with Crippen LogP contribution >= 0.6 is 0 Å². The maximum absolute atomic E-state index is 6.07. The number of morpholine rings is 1. The average molecular weight is 321 g/mol. The van der Waals surface area contributed by atoms with Crippen molar-refractivity contribution in [2.75, 3.05) is 32.8 Å². The van der Waals surface area contributed by atoms with Crippen LogP contribution in [0.5, 0.6) is 0 Å². The maximum Gasteiger partial charge on any atom is 0.498 e. The van der Waals surface area contributed by atoms with E-state index >= 15 is 0 Å². The van der Waals surface area contributed by atoms with Gasteiger partial charge in [-0.1, -0.05) is 0 Å². The van der Waals surface area contributed by atoms with E-state index in [2.05, 4.69) is 37.7 Å². The molecular formula is C16H28BN3O3. The topological polar surface area (TPSA) is 48.8 Å². The molecule has 0 bridgehead atoms. The molecule has 3 rings (SSSR count). The number of ether oxygens (including phenoxy) is 1. The minimum Gasteiger partial charge on any atom is -0.399 e. The molecule has 6 nitrogen and oxygen atoms in total. The zero-order chi connectivity index (χ0) is 16.5. The Morgan fingerprint density at radius 3 is 2.39 bits per heavy atom. The molecule has 0 spiro atoms.